The molecule has 0 aliphatic carbocycles. The second-order valence-corrected chi connectivity index (χ2v) is 5.68. The number of rotatable bonds is 3. The molecule has 1 aromatic rings. The molecule has 16 heavy (non-hydrogen) atoms. The summed E-state index contributed by atoms with van der Waals surface area (Å²) in [4.78, 5) is 0.180. The molecule has 0 aromatic heterocycles. The Kier molecular flexibility index (Phi) is 3.28. The van der Waals surface area contributed by atoms with Gasteiger partial charge < -0.3 is 5.11 Å². The van der Waals surface area contributed by atoms with E-state index in [1.54, 1.807) is 18.2 Å². The van der Waals surface area contributed by atoms with Crippen LogP contribution in [0.2, 0.25) is 0 Å². The van der Waals surface area contributed by atoms with Gasteiger partial charge in [-0.1, -0.05) is 18.2 Å². The van der Waals surface area contributed by atoms with Crippen molar-refractivity contribution >= 4 is 10.0 Å². The average molecular weight is 240 g/mol. The quantitative estimate of drug-likeness (QED) is 0.867. The highest BCUT2D eigenvalue weighted by Gasteiger charge is 2.28. The molecular weight excluding hydrogens is 226 g/mol. The SMILES string of the molecule is O=S(=O)(c1ccccc1[CH]O)N1CCCC1. The molecule has 0 spiro atoms. The molecule has 0 bridgehead atoms. The minimum Gasteiger partial charge on any atom is -0.385 e. The van der Waals surface area contributed by atoms with Gasteiger partial charge in [-0.25, -0.2) is 8.42 Å². The maximum absolute atomic E-state index is 12.2. The lowest BCUT2D eigenvalue weighted by Crippen LogP contribution is -2.28. The van der Waals surface area contributed by atoms with E-state index in [9.17, 15) is 8.42 Å². The van der Waals surface area contributed by atoms with E-state index in [1.165, 1.54) is 10.4 Å². The smallest absolute Gasteiger partial charge is 0.243 e. The Balaban J connectivity index is 2.42. The molecule has 1 fully saturated rings. The van der Waals surface area contributed by atoms with Crippen LogP contribution in [0.15, 0.2) is 29.2 Å². The number of aliphatic hydroxyl groups excluding tert-OH is 1. The Hall–Kier alpha value is -0.910. The zero-order valence-electron chi connectivity index (χ0n) is 8.83. The lowest BCUT2D eigenvalue weighted by molar-refractivity contribution is 0.410. The third-order valence-electron chi connectivity index (χ3n) is 2.74. The minimum absolute atomic E-state index is 0.180. The zero-order valence-corrected chi connectivity index (χ0v) is 9.65. The first-order valence-corrected chi connectivity index (χ1v) is 6.67. The summed E-state index contributed by atoms with van der Waals surface area (Å²) in [6, 6.07) is 6.47. The monoisotopic (exact) mass is 240 g/mol. The van der Waals surface area contributed by atoms with Crippen LogP contribution in [0.5, 0.6) is 0 Å². The molecule has 1 aliphatic rings. The van der Waals surface area contributed by atoms with Crippen LogP contribution >= 0.6 is 0 Å². The van der Waals surface area contributed by atoms with Gasteiger partial charge >= 0.3 is 0 Å². The number of sulfonamides is 1. The normalized spacial score (nSPS) is 17.8. The number of hydrogen-bond acceptors (Lipinski definition) is 3. The first kappa shape index (κ1) is 11.6. The zero-order chi connectivity index (χ0) is 11.6. The van der Waals surface area contributed by atoms with E-state index >= 15 is 0 Å². The third kappa shape index (κ3) is 1.98. The van der Waals surface area contributed by atoms with Gasteiger partial charge in [0.2, 0.25) is 10.0 Å². The summed E-state index contributed by atoms with van der Waals surface area (Å²) in [6.07, 6.45) is 1.81. The Morgan fingerprint density at radius 1 is 1.19 bits per heavy atom. The van der Waals surface area contributed by atoms with Gasteiger partial charge in [0.1, 0.15) is 6.61 Å². The van der Waals surface area contributed by atoms with Gasteiger partial charge in [-0.05, 0) is 18.9 Å². The average Bonchev–Trinajstić information content (AvgIpc) is 2.83. The Morgan fingerprint density at radius 2 is 1.81 bits per heavy atom. The molecule has 2 rings (SSSR count). The summed E-state index contributed by atoms with van der Waals surface area (Å²) in [5, 5.41) is 9.02. The van der Waals surface area contributed by atoms with Crippen molar-refractivity contribution in [2.45, 2.75) is 17.7 Å². The highest BCUT2D eigenvalue weighted by atomic mass is 32.2. The Morgan fingerprint density at radius 3 is 2.44 bits per heavy atom. The second-order valence-electron chi connectivity index (χ2n) is 3.78. The van der Waals surface area contributed by atoms with Gasteiger partial charge in [-0.15, -0.1) is 0 Å². The van der Waals surface area contributed by atoms with Crippen LogP contribution in [0.4, 0.5) is 0 Å². The van der Waals surface area contributed by atoms with Crippen LogP contribution in [0, 0.1) is 6.61 Å². The predicted octanol–water partition coefficient (Wildman–Crippen LogP) is 1.35. The van der Waals surface area contributed by atoms with Crippen molar-refractivity contribution in [2.24, 2.45) is 0 Å². The van der Waals surface area contributed by atoms with Crippen LogP contribution in [0.3, 0.4) is 0 Å². The van der Waals surface area contributed by atoms with Crippen molar-refractivity contribution in [3.63, 3.8) is 0 Å². The molecule has 1 N–H and O–H groups in total. The highest BCUT2D eigenvalue weighted by Crippen LogP contribution is 2.23. The van der Waals surface area contributed by atoms with E-state index in [0.29, 0.717) is 18.7 Å². The van der Waals surface area contributed by atoms with Crippen molar-refractivity contribution in [3.05, 3.63) is 36.4 Å². The maximum Gasteiger partial charge on any atom is 0.243 e. The van der Waals surface area contributed by atoms with E-state index in [2.05, 4.69) is 0 Å². The van der Waals surface area contributed by atoms with Gasteiger partial charge in [0.15, 0.2) is 0 Å². The molecular formula is C11H14NO3S. The maximum atomic E-state index is 12.2. The standard InChI is InChI=1S/C11H14NO3S/c13-9-10-5-1-2-6-11(10)16(14,15)12-7-3-4-8-12/h1-2,5-6,9,13H,3-4,7-8H2. The third-order valence-corrected chi connectivity index (χ3v) is 4.71. The van der Waals surface area contributed by atoms with Crippen molar-refractivity contribution in [2.75, 3.05) is 13.1 Å². The molecule has 87 valence electrons. The van der Waals surface area contributed by atoms with Crippen molar-refractivity contribution < 1.29 is 13.5 Å². The van der Waals surface area contributed by atoms with Crippen molar-refractivity contribution in [1.82, 2.24) is 4.31 Å². The van der Waals surface area contributed by atoms with E-state index < -0.39 is 10.0 Å². The highest BCUT2D eigenvalue weighted by molar-refractivity contribution is 7.89. The molecule has 0 saturated carbocycles. The summed E-state index contributed by atoms with van der Waals surface area (Å²) in [6.45, 7) is 1.98. The fraction of sp³-hybridized carbons (Fsp3) is 0.364. The molecule has 5 heteroatoms. The summed E-state index contributed by atoms with van der Waals surface area (Å²) < 4.78 is 25.9. The van der Waals surface area contributed by atoms with Crippen LogP contribution in [0.1, 0.15) is 18.4 Å². The van der Waals surface area contributed by atoms with Crippen LogP contribution in [-0.4, -0.2) is 30.9 Å². The van der Waals surface area contributed by atoms with Crippen LogP contribution in [-0.2, 0) is 10.0 Å². The lowest BCUT2D eigenvalue weighted by Gasteiger charge is -2.17. The topological polar surface area (TPSA) is 57.6 Å². The molecule has 0 atom stereocenters. The summed E-state index contributed by atoms with van der Waals surface area (Å²) >= 11 is 0. The van der Waals surface area contributed by atoms with Gasteiger partial charge in [0, 0.05) is 18.7 Å². The number of benzene rings is 1. The van der Waals surface area contributed by atoms with E-state index in [-0.39, 0.29) is 4.90 Å². The first-order chi connectivity index (χ1) is 7.66. The minimum atomic E-state index is -3.44. The molecule has 1 saturated heterocycles. The summed E-state index contributed by atoms with van der Waals surface area (Å²) in [5.74, 6) is 0. The second kappa shape index (κ2) is 4.53. The molecule has 1 aliphatic heterocycles. The van der Waals surface area contributed by atoms with E-state index in [0.717, 1.165) is 19.4 Å². The van der Waals surface area contributed by atoms with Gasteiger partial charge in [0.25, 0.3) is 0 Å². The number of nitrogens with zero attached hydrogens (tertiary/aromatic N) is 1. The predicted molar refractivity (Wildman–Crippen MR) is 59.8 cm³/mol. The van der Waals surface area contributed by atoms with Crippen LogP contribution in [0.25, 0.3) is 0 Å². The molecule has 0 amide bonds. The van der Waals surface area contributed by atoms with Gasteiger partial charge in [-0.2, -0.15) is 4.31 Å². The Labute approximate surface area is 95.6 Å². The fourth-order valence-electron chi connectivity index (χ4n) is 1.89. The van der Waals surface area contributed by atoms with Crippen LogP contribution < -0.4 is 0 Å². The Bertz CT molecular complexity index is 464. The van der Waals surface area contributed by atoms with E-state index in [4.69, 9.17) is 5.11 Å². The van der Waals surface area contributed by atoms with Gasteiger partial charge in [0.05, 0.1) is 4.90 Å². The fourth-order valence-corrected chi connectivity index (χ4v) is 3.58. The lowest BCUT2D eigenvalue weighted by atomic mass is 10.2. The van der Waals surface area contributed by atoms with Crippen molar-refractivity contribution in [3.8, 4) is 0 Å². The van der Waals surface area contributed by atoms with Gasteiger partial charge in [-0.3, -0.25) is 0 Å². The molecule has 1 radical (unpaired) electrons. The molecule has 0 unspecified atom stereocenters. The molecule has 1 aromatic carbocycles. The number of aliphatic hydroxyl groups is 1. The number of hydrogen-bond donors (Lipinski definition) is 1. The largest absolute Gasteiger partial charge is 0.385 e. The molecule has 4 nitrogen and oxygen atoms in total. The summed E-state index contributed by atoms with van der Waals surface area (Å²) in [7, 11) is -3.44. The molecule has 1 heterocycles. The summed E-state index contributed by atoms with van der Waals surface area (Å²) in [5.41, 5.74) is 0.342. The van der Waals surface area contributed by atoms with E-state index in [1.807, 2.05) is 0 Å². The van der Waals surface area contributed by atoms with Crippen molar-refractivity contribution in [1.29, 1.82) is 0 Å². The first-order valence-electron chi connectivity index (χ1n) is 5.23.